The molecule has 0 N–H and O–H groups in total. The average molecular weight is 253 g/mol. The Morgan fingerprint density at radius 2 is 2.11 bits per heavy atom. The van der Waals surface area contributed by atoms with Gasteiger partial charge >= 0.3 is 12.1 Å². The van der Waals surface area contributed by atoms with Crippen molar-refractivity contribution in [2.45, 2.75) is 18.9 Å². The molecule has 0 aliphatic rings. The highest BCUT2D eigenvalue weighted by Crippen LogP contribution is 2.22. The Morgan fingerprint density at radius 3 is 2.50 bits per heavy atom. The minimum Gasteiger partial charge on any atom is -0.466 e. The van der Waals surface area contributed by atoms with Gasteiger partial charge < -0.3 is 14.2 Å². The number of carbonyl (C=O) groups excluding carboxylic acids is 2. The summed E-state index contributed by atoms with van der Waals surface area (Å²) in [4.78, 5) is 22.4. The lowest BCUT2D eigenvalue weighted by Crippen LogP contribution is -2.33. The van der Waals surface area contributed by atoms with E-state index in [1.807, 2.05) is 0 Å². The number of esters is 1. The van der Waals surface area contributed by atoms with Crippen LogP contribution < -0.4 is 0 Å². The number of nitriles is 1. The molecule has 0 amide bonds. The third kappa shape index (κ3) is 4.29. The van der Waals surface area contributed by atoms with Gasteiger partial charge in [0.1, 0.15) is 6.07 Å². The Balaban J connectivity index is 4.89. The minimum absolute atomic E-state index is 0.0109. The fourth-order valence-electron chi connectivity index (χ4n) is 1.09. The summed E-state index contributed by atoms with van der Waals surface area (Å²) in [6, 6.07) is 1.75. The summed E-state index contributed by atoms with van der Waals surface area (Å²) in [5, 5.41) is 9.05. The lowest BCUT2D eigenvalue weighted by Gasteiger charge is -2.22. The van der Waals surface area contributed by atoms with Crippen LogP contribution in [0.5, 0.6) is 0 Å². The van der Waals surface area contributed by atoms with Crippen LogP contribution >= 0.6 is 0 Å². The molecular formula is C12H15NO5. The Morgan fingerprint density at radius 1 is 1.50 bits per heavy atom. The molecule has 0 aliphatic heterocycles. The summed E-state index contributed by atoms with van der Waals surface area (Å²) < 4.78 is 13.8. The second-order valence-electron chi connectivity index (χ2n) is 3.26. The zero-order chi connectivity index (χ0) is 14.2. The first-order valence-electron chi connectivity index (χ1n) is 5.11. The van der Waals surface area contributed by atoms with E-state index in [9.17, 15) is 9.59 Å². The molecule has 18 heavy (non-hydrogen) atoms. The van der Waals surface area contributed by atoms with Gasteiger partial charge in [0.05, 0.1) is 13.7 Å². The molecule has 1 atom stereocenters. The van der Waals surface area contributed by atoms with Gasteiger partial charge in [-0.2, -0.15) is 5.26 Å². The van der Waals surface area contributed by atoms with Gasteiger partial charge in [0, 0.05) is 12.0 Å². The molecule has 98 valence electrons. The van der Waals surface area contributed by atoms with Crippen LogP contribution in [-0.2, 0) is 19.0 Å². The van der Waals surface area contributed by atoms with Crippen LogP contribution in [0.1, 0.15) is 13.3 Å². The number of rotatable bonds is 6. The maximum absolute atomic E-state index is 11.2. The summed E-state index contributed by atoms with van der Waals surface area (Å²) >= 11 is 0. The Labute approximate surface area is 105 Å². The summed E-state index contributed by atoms with van der Waals surface area (Å²) in [5.74, 6) is -0.691. The number of hydrogen-bond acceptors (Lipinski definition) is 6. The predicted octanol–water partition coefficient (Wildman–Crippen LogP) is 1.73. The lowest BCUT2D eigenvalue weighted by atomic mass is 9.96. The van der Waals surface area contributed by atoms with Crippen LogP contribution in [-0.4, -0.2) is 31.4 Å². The smallest absolute Gasteiger partial charge is 0.466 e. The van der Waals surface area contributed by atoms with Crippen molar-refractivity contribution in [1.29, 1.82) is 5.26 Å². The molecule has 0 heterocycles. The SMILES string of the molecule is C=CC(C#N)(CC(=C)C(=O)OC)OC(=O)OCC. The summed E-state index contributed by atoms with van der Waals surface area (Å²) in [7, 11) is 1.18. The van der Waals surface area contributed by atoms with Gasteiger partial charge in [0.2, 0.25) is 5.60 Å². The van der Waals surface area contributed by atoms with E-state index >= 15 is 0 Å². The quantitative estimate of drug-likeness (QED) is 0.407. The molecule has 0 bridgehead atoms. The third-order valence-electron chi connectivity index (χ3n) is 2.00. The van der Waals surface area contributed by atoms with Crippen molar-refractivity contribution < 1.29 is 23.8 Å². The highest BCUT2D eigenvalue weighted by molar-refractivity contribution is 5.88. The van der Waals surface area contributed by atoms with Crippen LogP contribution in [0.4, 0.5) is 4.79 Å². The number of methoxy groups -OCH3 is 1. The Hall–Kier alpha value is -2.29. The molecule has 0 saturated heterocycles. The summed E-state index contributed by atoms with van der Waals surface area (Å²) in [5.41, 5.74) is -1.71. The molecule has 6 heteroatoms. The molecule has 0 fully saturated rings. The normalized spacial score (nSPS) is 12.5. The Bertz CT molecular complexity index is 396. The van der Waals surface area contributed by atoms with Gasteiger partial charge in [-0.25, -0.2) is 9.59 Å². The van der Waals surface area contributed by atoms with Crippen LogP contribution in [0.15, 0.2) is 24.8 Å². The molecule has 1 unspecified atom stereocenters. The first-order valence-corrected chi connectivity index (χ1v) is 5.11. The van der Waals surface area contributed by atoms with Gasteiger partial charge in [-0.15, -0.1) is 0 Å². The first-order chi connectivity index (χ1) is 8.44. The molecule has 0 saturated carbocycles. The van der Waals surface area contributed by atoms with E-state index in [2.05, 4.69) is 22.6 Å². The molecule has 0 aliphatic carbocycles. The zero-order valence-electron chi connectivity index (χ0n) is 10.4. The lowest BCUT2D eigenvalue weighted by molar-refractivity contribution is -0.136. The molecular weight excluding hydrogens is 238 g/mol. The number of carbonyl (C=O) groups is 2. The van der Waals surface area contributed by atoms with Crippen molar-refractivity contribution in [1.82, 2.24) is 0 Å². The molecule has 6 nitrogen and oxygen atoms in total. The van der Waals surface area contributed by atoms with Crippen molar-refractivity contribution >= 4 is 12.1 Å². The van der Waals surface area contributed by atoms with E-state index in [1.54, 1.807) is 13.0 Å². The van der Waals surface area contributed by atoms with Crippen molar-refractivity contribution in [3.8, 4) is 6.07 Å². The summed E-state index contributed by atoms with van der Waals surface area (Å²) in [6.45, 7) is 8.56. The van der Waals surface area contributed by atoms with Crippen LogP contribution in [0.25, 0.3) is 0 Å². The van der Waals surface area contributed by atoms with Crippen LogP contribution in [0.2, 0.25) is 0 Å². The van der Waals surface area contributed by atoms with Gasteiger partial charge in [-0.3, -0.25) is 0 Å². The highest BCUT2D eigenvalue weighted by atomic mass is 16.7. The molecule has 0 aromatic rings. The predicted molar refractivity (Wildman–Crippen MR) is 62.4 cm³/mol. The van der Waals surface area contributed by atoms with Gasteiger partial charge in [0.25, 0.3) is 0 Å². The molecule has 0 aromatic heterocycles. The van der Waals surface area contributed by atoms with E-state index < -0.39 is 17.7 Å². The fraction of sp³-hybridized carbons (Fsp3) is 0.417. The van der Waals surface area contributed by atoms with E-state index in [0.29, 0.717) is 0 Å². The van der Waals surface area contributed by atoms with E-state index in [-0.39, 0.29) is 18.6 Å². The molecule has 0 rings (SSSR count). The van der Waals surface area contributed by atoms with Gasteiger partial charge in [0.15, 0.2) is 0 Å². The molecule has 0 aromatic carbocycles. The molecule has 0 radical (unpaired) electrons. The zero-order valence-corrected chi connectivity index (χ0v) is 10.4. The monoisotopic (exact) mass is 253 g/mol. The second kappa shape index (κ2) is 7.12. The van der Waals surface area contributed by atoms with Gasteiger partial charge in [-0.1, -0.05) is 13.2 Å². The third-order valence-corrected chi connectivity index (χ3v) is 2.00. The van der Waals surface area contributed by atoms with Crippen molar-refractivity contribution in [3.05, 3.63) is 24.8 Å². The molecule has 0 spiro atoms. The number of hydrogen-bond donors (Lipinski definition) is 0. The van der Waals surface area contributed by atoms with E-state index in [4.69, 9.17) is 10.00 Å². The largest absolute Gasteiger partial charge is 0.510 e. The first kappa shape index (κ1) is 15.7. The van der Waals surface area contributed by atoms with E-state index in [1.165, 1.54) is 7.11 Å². The summed E-state index contributed by atoms with van der Waals surface area (Å²) in [6.07, 6.45) is -0.145. The number of nitrogens with zero attached hydrogens (tertiary/aromatic N) is 1. The Kier molecular flexibility index (Phi) is 6.21. The maximum atomic E-state index is 11.2. The van der Waals surface area contributed by atoms with Crippen molar-refractivity contribution in [2.24, 2.45) is 0 Å². The van der Waals surface area contributed by atoms with Gasteiger partial charge in [-0.05, 0) is 13.0 Å². The number of ether oxygens (including phenoxy) is 3. The highest BCUT2D eigenvalue weighted by Gasteiger charge is 2.34. The van der Waals surface area contributed by atoms with Crippen LogP contribution in [0.3, 0.4) is 0 Å². The van der Waals surface area contributed by atoms with Crippen molar-refractivity contribution in [2.75, 3.05) is 13.7 Å². The average Bonchev–Trinajstić information content (AvgIpc) is 2.36. The minimum atomic E-state index is -1.70. The second-order valence-corrected chi connectivity index (χ2v) is 3.26. The standard InChI is InChI=1S/C12H15NO5/c1-5-12(8-13,18-11(15)17-6-2)7-9(3)10(14)16-4/h5H,1,3,6-7H2,2,4H3. The maximum Gasteiger partial charge on any atom is 0.510 e. The van der Waals surface area contributed by atoms with Crippen LogP contribution in [0, 0.1) is 11.3 Å². The van der Waals surface area contributed by atoms with E-state index in [0.717, 1.165) is 6.08 Å². The van der Waals surface area contributed by atoms with Crippen molar-refractivity contribution in [3.63, 3.8) is 0 Å². The fourth-order valence-corrected chi connectivity index (χ4v) is 1.09. The topological polar surface area (TPSA) is 85.6 Å².